The Labute approximate surface area is 106 Å². The van der Waals surface area contributed by atoms with Crippen LogP contribution in [0, 0.1) is 0 Å². The van der Waals surface area contributed by atoms with Gasteiger partial charge in [0.25, 0.3) is 0 Å². The third kappa shape index (κ3) is 2.13. The fourth-order valence-corrected chi connectivity index (χ4v) is 1.87. The lowest BCUT2D eigenvalue weighted by molar-refractivity contribution is 1.45. The Bertz CT molecular complexity index is 637. The van der Waals surface area contributed by atoms with Crippen LogP contribution in [0.15, 0.2) is 76.9 Å². The molecule has 3 rings (SSSR count). The summed E-state index contributed by atoms with van der Waals surface area (Å²) in [6.07, 6.45) is 5.54. The summed E-state index contributed by atoms with van der Waals surface area (Å²) < 4.78 is 0. The van der Waals surface area contributed by atoms with Gasteiger partial charge in [0.1, 0.15) is 0 Å². The summed E-state index contributed by atoms with van der Waals surface area (Å²) in [6, 6.07) is 18.1. The topological polar surface area (TPSA) is 24.7 Å². The summed E-state index contributed by atoms with van der Waals surface area (Å²) in [6.45, 7) is 0. The van der Waals surface area contributed by atoms with E-state index in [2.05, 4.69) is 17.1 Å². The van der Waals surface area contributed by atoms with E-state index in [1.807, 2.05) is 54.8 Å². The summed E-state index contributed by atoms with van der Waals surface area (Å²) in [4.78, 5) is 8.97. The third-order valence-corrected chi connectivity index (χ3v) is 2.78. The lowest BCUT2D eigenvalue weighted by Crippen LogP contribution is -1.97. The molecule has 0 unspecified atom stereocenters. The highest BCUT2D eigenvalue weighted by molar-refractivity contribution is 6.11. The molecule has 2 nitrogen and oxygen atoms in total. The highest BCUT2D eigenvalue weighted by atomic mass is 14.8. The molecule has 2 aromatic carbocycles. The lowest BCUT2D eigenvalue weighted by atomic mass is 10.1. The smallest absolute Gasteiger partial charge is 0.0724 e. The second kappa shape index (κ2) is 4.80. The Morgan fingerprint density at radius 2 is 1.56 bits per heavy atom. The van der Waals surface area contributed by atoms with Crippen LogP contribution in [0.3, 0.4) is 0 Å². The first-order valence-corrected chi connectivity index (χ1v) is 5.86. The molecule has 0 fully saturated rings. The van der Waals surface area contributed by atoms with Crippen LogP contribution in [0.2, 0.25) is 0 Å². The fourth-order valence-electron chi connectivity index (χ4n) is 1.87. The zero-order valence-electron chi connectivity index (χ0n) is 9.82. The molecule has 0 spiro atoms. The van der Waals surface area contributed by atoms with Crippen molar-refractivity contribution in [2.75, 3.05) is 0 Å². The van der Waals surface area contributed by atoms with E-state index in [0.29, 0.717) is 0 Å². The van der Waals surface area contributed by atoms with E-state index in [1.165, 1.54) is 0 Å². The van der Waals surface area contributed by atoms with Gasteiger partial charge in [-0.2, -0.15) is 0 Å². The predicted octanol–water partition coefficient (Wildman–Crippen LogP) is 3.75. The zero-order chi connectivity index (χ0) is 12.2. The molecule has 0 atom stereocenters. The van der Waals surface area contributed by atoms with Gasteiger partial charge in [-0.1, -0.05) is 48.5 Å². The molecule has 1 aliphatic heterocycles. The Kier molecular flexibility index (Phi) is 2.84. The monoisotopic (exact) mass is 232 g/mol. The van der Waals surface area contributed by atoms with Gasteiger partial charge >= 0.3 is 0 Å². The van der Waals surface area contributed by atoms with Gasteiger partial charge in [-0.15, -0.1) is 0 Å². The average molecular weight is 232 g/mol. The minimum absolute atomic E-state index is 0.930. The summed E-state index contributed by atoms with van der Waals surface area (Å²) >= 11 is 0. The molecule has 0 saturated heterocycles. The van der Waals surface area contributed by atoms with E-state index >= 15 is 0 Å². The van der Waals surface area contributed by atoms with Crippen LogP contribution >= 0.6 is 0 Å². The van der Waals surface area contributed by atoms with E-state index in [0.717, 1.165) is 22.5 Å². The van der Waals surface area contributed by atoms with Crippen molar-refractivity contribution in [3.8, 4) is 0 Å². The first kappa shape index (κ1) is 10.7. The second-order valence-corrected chi connectivity index (χ2v) is 4.02. The summed E-state index contributed by atoms with van der Waals surface area (Å²) in [5, 5.41) is 0. The van der Waals surface area contributed by atoms with Gasteiger partial charge in [-0.3, -0.25) is 4.99 Å². The molecular formula is C16H12N2. The number of allylic oxidation sites excluding steroid dienone is 1. The van der Waals surface area contributed by atoms with Crippen molar-refractivity contribution >= 4 is 17.6 Å². The molecule has 18 heavy (non-hydrogen) atoms. The minimum Gasteiger partial charge on any atom is -0.264 e. The number of fused-ring (bicyclic) bond motifs is 1. The number of hydrogen-bond donors (Lipinski definition) is 0. The van der Waals surface area contributed by atoms with Crippen molar-refractivity contribution in [1.82, 2.24) is 0 Å². The van der Waals surface area contributed by atoms with E-state index in [9.17, 15) is 0 Å². The summed E-state index contributed by atoms with van der Waals surface area (Å²) in [7, 11) is 0. The molecule has 1 aliphatic rings. The number of aliphatic imine (C=N–C) groups is 2. The maximum Gasteiger partial charge on any atom is 0.0724 e. The van der Waals surface area contributed by atoms with E-state index in [-0.39, 0.29) is 0 Å². The molecule has 0 N–H and O–H groups in total. The molecule has 0 bridgehead atoms. The van der Waals surface area contributed by atoms with Crippen molar-refractivity contribution in [3.05, 3.63) is 78.0 Å². The van der Waals surface area contributed by atoms with Crippen LogP contribution in [0.1, 0.15) is 11.1 Å². The molecule has 0 amide bonds. The van der Waals surface area contributed by atoms with Crippen molar-refractivity contribution in [2.24, 2.45) is 9.98 Å². The van der Waals surface area contributed by atoms with E-state index < -0.39 is 0 Å². The van der Waals surface area contributed by atoms with Crippen molar-refractivity contribution < 1.29 is 0 Å². The molecule has 2 heteroatoms. The van der Waals surface area contributed by atoms with Gasteiger partial charge < -0.3 is 0 Å². The first-order valence-electron chi connectivity index (χ1n) is 5.86. The molecule has 86 valence electrons. The Morgan fingerprint density at radius 1 is 0.778 bits per heavy atom. The Hall–Kier alpha value is -2.48. The highest BCUT2D eigenvalue weighted by Gasteiger charge is 2.03. The molecule has 0 aliphatic carbocycles. The quantitative estimate of drug-likeness (QED) is 0.715. The van der Waals surface area contributed by atoms with Crippen LogP contribution in [0.5, 0.6) is 0 Å². The van der Waals surface area contributed by atoms with Crippen LogP contribution in [0.25, 0.3) is 0 Å². The SMILES string of the molecule is C1=CC(c2ccccc2)=Nc2ccccc2C=N1. The normalized spacial score (nSPS) is 13.4. The third-order valence-electron chi connectivity index (χ3n) is 2.78. The average Bonchev–Trinajstić information content (AvgIpc) is 2.41. The molecule has 1 heterocycles. The molecule has 0 aromatic heterocycles. The van der Waals surface area contributed by atoms with Crippen molar-refractivity contribution in [1.29, 1.82) is 0 Å². The first-order chi connectivity index (χ1) is 8.93. The predicted molar refractivity (Wildman–Crippen MR) is 75.8 cm³/mol. The van der Waals surface area contributed by atoms with Crippen molar-refractivity contribution in [3.63, 3.8) is 0 Å². The largest absolute Gasteiger partial charge is 0.264 e. The van der Waals surface area contributed by atoms with Gasteiger partial charge in [0.2, 0.25) is 0 Å². The molecule has 0 saturated carbocycles. The van der Waals surface area contributed by atoms with Crippen LogP contribution in [-0.4, -0.2) is 11.9 Å². The number of hydrogen-bond acceptors (Lipinski definition) is 2. The van der Waals surface area contributed by atoms with Gasteiger partial charge in [-0.05, 0) is 12.1 Å². The fraction of sp³-hybridized carbons (Fsp3) is 0. The van der Waals surface area contributed by atoms with Gasteiger partial charge in [0.05, 0.1) is 11.4 Å². The van der Waals surface area contributed by atoms with Gasteiger partial charge in [0.15, 0.2) is 0 Å². The molecule has 0 radical (unpaired) electrons. The lowest BCUT2D eigenvalue weighted by Gasteiger charge is -2.06. The highest BCUT2D eigenvalue weighted by Crippen LogP contribution is 2.20. The molecular weight excluding hydrogens is 220 g/mol. The Morgan fingerprint density at radius 3 is 2.44 bits per heavy atom. The summed E-state index contributed by atoms with van der Waals surface area (Å²) in [5.74, 6) is 0. The van der Waals surface area contributed by atoms with Crippen molar-refractivity contribution in [2.45, 2.75) is 0 Å². The van der Waals surface area contributed by atoms with E-state index in [4.69, 9.17) is 4.99 Å². The number of benzene rings is 2. The minimum atomic E-state index is 0.930. The number of nitrogens with zero attached hydrogens (tertiary/aromatic N) is 2. The van der Waals surface area contributed by atoms with E-state index in [1.54, 1.807) is 6.20 Å². The standard InChI is InChI=1S/C16H12N2/c1-2-6-13(7-3-1)16-10-11-17-12-14-8-4-5-9-15(14)18-16/h1-12H. The van der Waals surface area contributed by atoms with Gasteiger partial charge in [0, 0.05) is 23.5 Å². The maximum atomic E-state index is 4.71. The summed E-state index contributed by atoms with van der Waals surface area (Å²) in [5.41, 5.74) is 4.01. The number of para-hydroxylation sites is 1. The molecule has 2 aromatic rings. The number of rotatable bonds is 1. The second-order valence-electron chi connectivity index (χ2n) is 4.02. The van der Waals surface area contributed by atoms with Crippen LogP contribution in [-0.2, 0) is 0 Å². The van der Waals surface area contributed by atoms with Crippen LogP contribution in [0.4, 0.5) is 5.69 Å². The van der Waals surface area contributed by atoms with Crippen LogP contribution < -0.4 is 0 Å². The zero-order valence-corrected chi connectivity index (χ0v) is 9.82. The van der Waals surface area contributed by atoms with Gasteiger partial charge in [-0.25, -0.2) is 4.99 Å². The Balaban J connectivity index is 2.14. The maximum absolute atomic E-state index is 4.71.